The number of hydrogen-bond acceptors (Lipinski definition) is 3. The summed E-state index contributed by atoms with van der Waals surface area (Å²) in [6.45, 7) is 0.474. The van der Waals surface area contributed by atoms with E-state index in [-0.39, 0.29) is 10.7 Å². The van der Waals surface area contributed by atoms with E-state index in [2.05, 4.69) is 0 Å². The van der Waals surface area contributed by atoms with Gasteiger partial charge in [-0.15, -0.1) is 0 Å². The second-order valence-corrected chi connectivity index (χ2v) is 4.36. The van der Waals surface area contributed by atoms with Gasteiger partial charge in [0.05, 0.1) is 16.6 Å². The van der Waals surface area contributed by atoms with Crippen LogP contribution in [0.4, 0.5) is 5.69 Å². The standard InChI is InChI=1S/C14H12ClNO3/c15-13-10-12(16(17)18)6-7-14(13)19-9-8-11-4-2-1-3-5-11/h1-7,10H,8-9H2. The average Bonchev–Trinajstić information content (AvgIpc) is 2.41. The summed E-state index contributed by atoms with van der Waals surface area (Å²) in [6.07, 6.45) is 0.758. The Morgan fingerprint density at radius 1 is 1.16 bits per heavy atom. The maximum atomic E-state index is 10.6. The summed E-state index contributed by atoms with van der Waals surface area (Å²) in [5, 5.41) is 10.8. The van der Waals surface area contributed by atoms with Gasteiger partial charge in [0, 0.05) is 18.6 Å². The Morgan fingerprint density at radius 3 is 2.53 bits per heavy atom. The Morgan fingerprint density at radius 2 is 1.89 bits per heavy atom. The van der Waals surface area contributed by atoms with Crippen LogP contribution in [0.1, 0.15) is 5.56 Å². The summed E-state index contributed by atoms with van der Waals surface area (Å²) < 4.78 is 5.52. The van der Waals surface area contributed by atoms with E-state index in [1.807, 2.05) is 30.3 Å². The van der Waals surface area contributed by atoms with E-state index in [1.54, 1.807) is 0 Å². The molecule has 0 saturated heterocycles. The first-order chi connectivity index (χ1) is 9.16. The smallest absolute Gasteiger partial charge is 0.271 e. The zero-order valence-corrected chi connectivity index (χ0v) is 10.8. The van der Waals surface area contributed by atoms with Crippen LogP contribution >= 0.6 is 11.6 Å². The van der Waals surface area contributed by atoms with Gasteiger partial charge in [0.1, 0.15) is 5.75 Å². The van der Waals surface area contributed by atoms with E-state index in [0.717, 1.165) is 6.42 Å². The summed E-state index contributed by atoms with van der Waals surface area (Å²) in [5.74, 6) is 0.461. The fourth-order valence-corrected chi connectivity index (χ4v) is 1.87. The van der Waals surface area contributed by atoms with Crippen LogP contribution in [0.5, 0.6) is 5.75 Å². The van der Waals surface area contributed by atoms with Gasteiger partial charge in [-0.2, -0.15) is 0 Å². The van der Waals surface area contributed by atoms with Crippen molar-refractivity contribution >= 4 is 17.3 Å². The van der Waals surface area contributed by atoms with Crippen molar-refractivity contribution in [1.82, 2.24) is 0 Å². The molecule has 0 aliphatic heterocycles. The lowest BCUT2D eigenvalue weighted by Gasteiger charge is -2.07. The monoisotopic (exact) mass is 277 g/mol. The molecule has 0 aliphatic carbocycles. The maximum Gasteiger partial charge on any atom is 0.271 e. The normalized spacial score (nSPS) is 10.2. The largest absolute Gasteiger partial charge is 0.492 e. The molecular weight excluding hydrogens is 266 g/mol. The van der Waals surface area contributed by atoms with Crippen LogP contribution in [0.2, 0.25) is 5.02 Å². The van der Waals surface area contributed by atoms with E-state index in [4.69, 9.17) is 16.3 Å². The van der Waals surface area contributed by atoms with Gasteiger partial charge >= 0.3 is 0 Å². The van der Waals surface area contributed by atoms with E-state index < -0.39 is 4.92 Å². The van der Waals surface area contributed by atoms with Crippen molar-refractivity contribution in [3.8, 4) is 5.75 Å². The molecule has 0 fully saturated rings. The van der Waals surface area contributed by atoms with Crippen LogP contribution in [0.25, 0.3) is 0 Å². The fraction of sp³-hybridized carbons (Fsp3) is 0.143. The summed E-state index contributed by atoms with van der Waals surface area (Å²) >= 11 is 5.93. The van der Waals surface area contributed by atoms with Crippen LogP contribution in [-0.4, -0.2) is 11.5 Å². The van der Waals surface area contributed by atoms with Crippen molar-refractivity contribution in [2.75, 3.05) is 6.61 Å². The molecule has 0 radical (unpaired) electrons. The molecule has 2 aromatic carbocycles. The SMILES string of the molecule is O=[N+]([O-])c1ccc(OCCc2ccccc2)c(Cl)c1. The van der Waals surface area contributed by atoms with Gasteiger partial charge in [-0.25, -0.2) is 0 Å². The molecule has 0 aliphatic rings. The molecule has 2 rings (SSSR count). The predicted molar refractivity (Wildman–Crippen MR) is 73.7 cm³/mol. The van der Waals surface area contributed by atoms with Crippen molar-refractivity contribution in [2.45, 2.75) is 6.42 Å². The second kappa shape index (κ2) is 6.20. The van der Waals surface area contributed by atoms with Gasteiger partial charge in [0.15, 0.2) is 0 Å². The van der Waals surface area contributed by atoms with E-state index in [1.165, 1.54) is 23.8 Å². The highest BCUT2D eigenvalue weighted by Crippen LogP contribution is 2.28. The average molecular weight is 278 g/mol. The predicted octanol–water partition coefficient (Wildman–Crippen LogP) is 3.87. The first-order valence-corrected chi connectivity index (χ1v) is 6.15. The number of nitro groups is 1. The Kier molecular flexibility index (Phi) is 4.36. The molecule has 0 saturated carbocycles. The molecule has 4 nitrogen and oxygen atoms in total. The number of benzene rings is 2. The fourth-order valence-electron chi connectivity index (χ4n) is 1.64. The van der Waals surface area contributed by atoms with Gasteiger partial charge in [-0.3, -0.25) is 10.1 Å². The van der Waals surface area contributed by atoms with Crippen LogP contribution in [0.15, 0.2) is 48.5 Å². The molecule has 19 heavy (non-hydrogen) atoms. The van der Waals surface area contributed by atoms with Crippen LogP contribution in [0.3, 0.4) is 0 Å². The van der Waals surface area contributed by atoms with Crippen LogP contribution in [0, 0.1) is 10.1 Å². The molecule has 2 aromatic rings. The van der Waals surface area contributed by atoms with E-state index in [0.29, 0.717) is 12.4 Å². The number of ether oxygens (including phenoxy) is 1. The number of nitrogens with zero attached hydrogens (tertiary/aromatic N) is 1. The molecule has 5 heteroatoms. The van der Waals surface area contributed by atoms with Gasteiger partial charge in [0.2, 0.25) is 0 Å². The number of rotatable bonds is 5. The molecule has 0 heterocycles. The van der Waals surface area contributed by atoms with E-state index in [9.17, 15) is 10.1 Å². The van der Waals surface area contributed by atoms with Crippen molar-refractivity contribution in [3.63, 3.8) is 0 Å². The molecule has 0 aromatic heterocycles. The number of hydrogen-bond donors (Lipinski definition) is 0. The Hall–Kier alpha value is -2.07. The molecule has 0 N–H and O–H groups in total. The van der Waals surface area contributed by atoms with Gasteiger partial charge in [-0.05, 0) is 11.6 Å². The maximum absolute atomic E-state index is 10.6. The summed E-state index contributed by atoms with van der Waals surface area (Å²) in [7, 11) is 0. The number of halogens is 1. The molecule has 0 unspecified atom stereocenters. The van der Waals surface area contributed by atoms with Crippen molar-refractivity contribution in [2.24, 2.45) is 0 Å². The molecule has 0 spiro atoms. The second-order valence-electron chi connectivity index (χ2n) is 3.96. The minimum absolute atomic E-state index is 0.0413. The first kappa shape index (κ1) is 13.4. The third kappa shape index (κ3) is 3.69. The minimum Gasteiger partial charge on any atom is -0.492 e. The highest BCUT2D eigenvalue weighted by Gasteiger charge is 2.10. The Bertz CT molecular complexity index is 572. The summed E-state index contributed by atoms with van der Waals surface area (Å²) in [6, 6.07) is 14.1. The van der Waals surface area contributed by atoms with Crippen molar-refractivity contribution in [1.29, 1.82) is 0 Å². The Balaban J connectivity index is 1.95. The van der Waals surface area contributed by atoms with Crippen LogP contribution in [-0.2, 0) is 6.42 Å². The molecule has 98 valence electrons. The van der Waals surface area contributed by atoms with Crippen LogP contribution < -0.4 is 4.74 Å². The molecular formula is C14H12ClNO3. The zero-order chi connectivity index (χ0) is 13.7. The zero-order valence-electron chi connectivity index (χ0n) is 10.1. The minimum atomic E-state index is -0.486. The summed E-state index contributed by atoms with van der Waals surface area (Å²) in [5.41, 5.74) is 1.13. The van der Waals surface area contributed by atoms with E-state index >= 15 is 0 Å². The lowest BCUT2D eigenvalue weighted by molar-refractivity contribution is -0.384. The lowest BCUT2D eigenvalue weighted by atomic mass is 10.2. The molecule has 0 amide bonds. The number of nitro benzene ring substituents is 1. The quantitative estimate of drug-likeness (QED) is 0.616. The van der Waals surface area contributed by atoms with Gasteiger partial charge in [0.25, 0.3) is 5.69 Å². The first-order valence-electron chi connectivity index (χ1n) is 5.77. The highest BCUT2D eigenvalue weighted by atomic mass is 35.5. The third-order valence-electron chi connectivity index (χ3n) is 2.62. The lowest BCUT2D eigenvalue weighted by Crippen LogP contribution is -2.01. The third-order valence-corrected chi connectivity index (χ3v) is 2.91. The summed E-state index contributed by atoms with van der Waals surface area (Å²) in [4.78, 5) is 10.1. The van der Waals surface area contributed by atoms with Gasteiger partial charge in [-0.1, -0.05) is 41.9 Å². The highest BCUT2D eigenvalue weighted by molar-refractivity contribution is 6.32. The topological polar surface area (TPSA) is 52.4 Å². The van der Waals surface area contributed by atoms with Crippen molar-refractivity contribution in [3.05, 3.63) is 69.2 Å². The molecule has 0 atom stereocenters. The molecule has 0 bridgehead atoms. The number of non-ortho nitro benzene ring substituents is 1. The Labute approximate surface area is 115 Å². The van der Waals surface area contributed by atoms with Gasteiger partial charge < -0.3 is 4.74 Å². The van der Waals surface area contributed by atoms with Crippen molar-refractivity contribution < 1.29 is 9.66 Å².